The maximum absolute atomic E-state index is 11.5. The molecule has 4 nitrogen and oxygen atoms in total. The minimum Gasteiger partial charge on any atom is -0.382 e. The lowest BCUT2D eigenvalue weighted by molar-refractivity contribution is -0.111. The van der Waals surface area contributed by atoms with Gasteiger partial charge in [-0.15, -0.1) is 6.58 Å². The number of hydrogen-bond acceptors (Lipinski definition) is 3. The number of fused-ring (bicyclic) bond motifs is 1. The predicted octanol–water partition coefficient (Wildman–Crippen LogP) is 3.35. The Balaban J connectivity index is 2.22. The highest BCUT2D eigenvalue weighted by molar-refractivity contribution is 5.99. The summed E-state index contributed by atoms with van der Waals surface area (Å²) in [7, 11) is 0. The highest BCUT2D eigenvalue weighted by atomic mass is 16.1. The van der Waals surface area contributed by atoms with Crippen LogP contribution in [0.25, 0.3) is 10.9 Å². The summed E-state index contributed by atoms with van der Waals surface area (Å²) < 4.78 is 0. The molecule has 1 aromatic heterocycles. The van der Waals surface area contributed by atoms with Crippen molar-refractivity contribution in [1.29, 1.82) is 0 Å². The van der Waals surface area contributed by atoms with Crippen molar-refractivity contribution in [2.24, 2.45) is 0 Å². The van der Waals surface area contributed by atoms with Gasteiger partial charge in [0.05, 0.1) is 5.52 Å². The Labute approximate surface area is 118 Å². The molecule has 20 heavy (non-hydrogen) atoms. The van der Waals surface area contributed by atoms with Crippen LogP contribution in [0.3, 0.4) is 0 Å². The van der Waals surface area contributed by atoms with Crippen LogP contribution in [0, 0.1) is 0 Å². The predicted molar refractivity (Wildman–Crippen MR) is 83.9 cm³/mol. The Morgan fingerprint density at radius 2 is 2.20 bits per heavy atom. The number of carbonyl (C=O) groups excluding carboxylic acids is 1. The zero-order valence-corrected chi connectivity index (χ0v) is 11.4. The molecule has 0 saturated heterocycles. The van der Waals surface area contributed by atoms with E-state index in [1.54, 1.807) is 19.1 Å². The molecule has 0 radical (unpaired) electrons. The molecule has 0 aliphatic rings. The van der Waals surface area contributed by atoms with Gasteiger partial charge in [0.15, 0.2) is 0 Å². The highest BCUT2D eigenvalue weighted by Gasteiger charge is 2.02. The van der Waals surface area contributed by atoms with Crippen molar-refractivity contribution < 1.29 is 4.79 Å². The van der Waals surface area contributed by atoms with Gasteiger partial charge in [0.2, 0.25) is 5.91 Å². The summed E-state index contributed by atoms with van der Waals surface area (Å²) in [4.78, 5) is 15.9. The van der Waals surface area contributed by atoms with Crippen LogP contribution in [0.5, 0.6) is 0 Å². The quantitative estimate of drug-likeness (QED) is 0.645. The van der Waals surface area contributed by atoms with E-state index in [0.29, 0.717) is 5.82 Å². The monoisotopic (exact) mass is 267 g/mol. The smallest absolute Gasteiger partial charge is 0.249 e. The first-order valence-electron chi connectivity index (χ1n) is 6.42. The number of nitrogens with zero attached hydrogens (tertiary/aromatic N) is 1. The SMILES string of the molecule is C=CCNc1ccc2nc(NC(=O)C=CC)ccc2c1. The van der Waals surface area contributed by atoms with Crippen LogP contribution in [0.1, 0.15) is 6.92 Å². The number of anilines is 2. The Kier molecular flexibility index (Phi) is 4.50. The van der Waals surface area contributed by atoms with Crippen molar-refractivity contribution >= 4 is 28.3 Å². The van der Waals surface area contributed by atoms with Crippen LogP contribution in [-0.4, -0.2) is 17.4 Å². The lowest BCUT2D eigenvalue weighted by Crippen LogP contribution is -2.09. The molecule has 0 aliphatic heterocycles. The minimum absolute atomic E-state index is 0.177. The van der Waals surface area contributed by atoms with Gasteiger partial charge >= 0.3 is 0 Å². The van der Waals surface area contributed by atoms with Crippen molar-refractivity contribution in [3.63, 3.8) is 0 Å². The van der Waals surface area contributed by atoms with Crippen LogP contribution in [0.4, 0.5) is 11.5 Å². The molecule has 0 fully saturated rings. The summed E-state index contributed by atoms with van der Waals surface area (Å²) in [5, 5.41) is 6.96. The molecule has 2 N–H and O–H groups in total. The van der Waals surface area contributed by atoms with Crippen molar-refractivity contribution in [3.05, 3.63) is 55.1 Å². The number of amides is 1. The first-order valence-corrected chi connectivity index (χ1v) is 6.42. The molecule has 0 spiro atoms. The molecule has 4 heteroatoms. The molecule has 0 aliphatic carbocycles. The number of pyridine rings is 1. The van der Waals surface area contributed by atoms with E-state index in [1.165, 1.54) is 6.08 Å². The summed E-state index contributed by atoms with van der Waals surface area (Å²) in [5.74, 6) is 0.371. The average Bonchev–Trinajstić information content (AvgIpc) is 2.45. The van der Waals surface area contributed by atoms with Gasteiger partial charge in [-0.25, -0.2) is 4.98 Å². The molecule has 0 unspecified atom stereocenters. The number of allylic oxidation sites excluding steroid dienone is 1. The van der Waals surface area contributed by atoms with Gasteiger partial charge in [0.1, 0.15) is 5.82 Å². The molecule has 0 bridgehead atoms. The van der Waals surface area contributed by atoms with Crippen molar-refractivity contribution in [2.75, 3.05) is 17.2 Å². The van der Waals surface area contributed by atoms with Gasteiger partial charge in [-0.05, 0) is 43.3 Å². The van der Waals surface area contributed by atoms with Gasteiger partial charge in [0.25, 0.3) is 0 Å². The largest absolute Gasteiger partial charge is 0.382 e. The molecule has 1 amide bonds. The van der Waals surface area contributed by atoms with Crippen molar-refractivity contribution in [1.82, 2.24) is 4.98 Å². The third-order valence-corrected chi connectivity index (χ3v) is 2.71. The summed E-state index contributed by atoms with van der Waals surface area (Å²) >= 11 is 0. The fourth-order valence-electron chi connectivity index (χ4n) is 1.81. The number of hydrogen-bond donors (Lipinski definition) is 2. The number of benzene rings is 1. The van der Waals surface area contributed by atoms with Crippen molar-refractivity contribution in [2.45, 2.75) is 6.92 Å². The second-order valence-corrected chi connectivity index (χ2v) is 4.26. The Hall–Kier alpha value is -2.62. The molecule has 0 atom stereocenters. The standard InChI is InChI=1S/C16H17N3O/c1-3-5-16(20)19-15-9-6-12-11-13(17-10-4-2)7-8-14(12)18-15/h3-9,11,17H,2,10H2,1H3,(H,18,19,20). The van der Waals surface area contributed by atoms with E-state index in [0.717, 1.165) is 23.1 Å². The normalized spacial score (nSPS) is 10.7. The second-order valence-electron chi connectivity index (χ2n) is 4.26. The van der Waals surface area contributed by atoms with E-state index in [9.17, 15) is 4.79 Å². The lowest BCUT2D eigenvalue weighted by atomic mass is 10.2. The number of carbonyl (C=O) groups is 1. The Morgan fingerprint density at radius 3 is 2.95 bits per heavy atom. The molecule has 0 saturated carbocycles. The third kappa shape index (κ3) is 3.45. The number of nitrogens with one attached hydrogen (secondary N) is 2. The zero-order chi connectivity index (χ0) is 14.4. The lowest BCUT2D eigenvalue weighted by Gasteiger charge is -2.06. The molecule has 102 valence electrons. The topological polar surface area (TPSA) is 54.0 Å². The third-order valence-electron chi connectivity index (χ3n) is 2.71. The summed E-state index contributed by atoms with van der Waals surface area (Å²) in [6, 6.07) is 9.62. The Bertz CT molecular complexity index is 662. The summed E-state index contributed by atoms with van der Waals surface area (Å²) in [5.41, 5.74) is 1.86. The Morgan fingerprint density at radius 1 is 1.35 bits per heavy atom. The first kappa shape index (κ1) is 13.8. The van der Waals surface area contributed by atoms with Crippen LogP contribution in [-0.2, 0) is 4.79 Å². The van der Waals surface area contributed by atoms with E-state index >= 15 is 0 Å². The van der Waals surface area contributed by atoms with Gasteiger partial charge in [0, 0.05) is 17.6 Å². The maximum Gasteiger partial charge on any atom is 0.249 e. The van der Waals surface area contributed by atoms with E-state index in [4.69, 9.17) is 0 Å². The van der Waals surface area contributed by atoms with E-state index in [-0.39, 0.29) is 5.91 Å². The molecule has 1 aromatic carbocycles. The molecule has 1 heterocycles. The average molecular weight is 267 g/mol. The first-order chi connectivity index (χ1) is 9.72. The summed E-state index contributed by atoms with van der Waals surface area (Å²) in [6.45, 7) is 6.19. The molecular formula is C16H17N3O. The van der Waals surface area contributed by atoms with Crippen LogP contribution in [0.2, 0.25) is 0 Å². The van der Waals surface area contributed by atoms with Crippen LogP contribution in [0.15, 0.2) is 55.1 Å². The van der Waals surface area contributed by atoms with E-state index in [2.05, 4.69) is 22.2 Å². The van der Waals surface area contributed by atoms with Gasteiger partial charge < -0.3 is 10.6 Å². The van der Waals surface area contributed by atoms with Crippen LogP contribution < -0.4 is 10.6 Å². The van der Waals surface area contributed by atoms with Crippen molar-refractivity contribution in [3.8, 4) is 0 Å². The van der Waals surface area contributed by atoms with Crippen LogP contribution >= 0.6 is 0 Å². The summed E-state index contributed by atoms with van der Waals surface area (Å²) in [6.07, 6.45) is 4.96. The molecule has 2 rings (SSSR count). The second kappa shape index (κ2) is 6.52. The molecule has 2 aromatic rings. The number of rotatable bonds is 5. The zero-order valence-electron chi connectivity index (χ0n) is 11.4. The van der Waals surface area contributed by atoms with Gasteiger partial charge in [-0.3, -0.25) is 4.79 Å². The van der Waals surface area contributed by atoms with E-state index < -0.39 is 0 Å². The maximum atomic E-state index is 11.5. The fraction of sp³-hybridized carbons (Fsp3) is 0.125. The minimum atomic E-state index is -0.177. The highest BCUT2D eigenvalue weighted by Crippen LogP contribution is 2.19. The fourth-order valence-corrected chi connectivity index (χ4v) is 1.81. The molecular weight excluding hydrogens is 250 g/mol. The van der Waals surface area contributed by atoms with E-state index in [1.807, 2.05) is 30.3 Å². The number of aromatic nitrogens is 1. The van der Waals surface area contributed by atoms with Gasteiger partial charge in [-0.1, -0.05) is 12.2 Å². The van der Waals surface area contributed by atoms with Gasteiger partial charge in [-0.2, -0.15) is 0 Å².